The van der Waals surface area contributed by atoms with Crippen molar-refractivity contribution in [3.05, 3.63) is 57.6 Å². The predicted octanol–water partition coefficient (Wildman–Crippen LogP) is 0.755. The van der Waals surface area contributed by atoms with Crippen molar-refractivity contribution >= 4 is 7.82 Å². The largest absolute Gasteiger partial charge is 1.00 e. The Balaban J connectivity index is 0.00000192. The summed E-state index contributed by atoms with van der Waals surface area (Å²) in [5, 5.41) is 0. The fraction of sp³-hybridized carbons (Fsp3) is 0.294. The van der Waals surface area contributed by atoms with Crippen molar-refractivity contribution in [3.63, 3.8) is 0 Å². The minimum Gasteiger partial charge on any atom is -0.736 e. The summed E-state index contributed by atoms with van der Waals surface area (Å²) in [5.74, 6) is 0.666. The summed E-state index contributed by atoms with van der Waals surface area (Å²) in [5.41, 5.74) is 6.12. The maximum absolute atomic E-state index is 12.2. The van der Waals surface area contributed by atoms with E-state index in [2.05, 4.69) is 0 Å². The smallest absolute Gasteiger partial charge is 0.736 e. The minimum atomic E-state index is -4.46. The summed E-state index contributed by atoms with van der Waals surface area (Å²) in [4.78, 5) is 12.2. The van der Waals surface area contributed by atoms with Crippen molar-refractivity contribution in [2.75, 3.05) is 0 Å². The number of phosphoric ester groups is 1. The van der Waals surface area contributed by atoms with Crippen LogP contribution in [0.2, 0.25) is 0 Å². The predicted molar refractivity (Wildman–Crippen MR) is 83.5 cm³/mol. The molecule has 0 atom stereocenters. The van der Waals surface area contributed by atoms with Crippen LogP contribution in [0.25, 0.3) is 0 Å². The molecule has 4 bridgehead atoms. The van der Waals surface area contributed by atoms with Crippen LogP contribution in [0.3, 0.4) is 0 Å². The van der Waals surface area contributed by atoms with Gasteiger partial charge in [-0.1, -0.05) is 12.1 Å². The molecule has 23 heavy (non-hydrogen) atoms. The number of aryl methyl sites for hydroxylation is 2. The normalized spacial score (nSPS) is 15.0. The van der Waals surface area contributed by atoms with Gasteiger partial charge >= 0.3 is 37.4 Å². The summed E-state index contributed by atoms with van der Waals surface area (Å²) in [6, 6.07) is 7.12. The third-order valence-electron chi connectivity index (χ3n) is 4.34. The van der Waals surface area contributed by atoms with E-state index in [1.165, 1.54) is 0 Å². The fourth-order valence-electron chi connectivity index (χ4n) is 2.92. The number of hydrogen-bond acceptors (Lipinski definition) is 4. The van der Waals surface area contributed by atoms with E-state index in [1.54, 1.807) is 12.1 Å². The molecule has 0 radical (unpaired) electrons. The van der Waals surface area contributed by atoms with Gasteiger partial charge in [-0.3, -0.25) is 0 Å². The van der Waals surface area contributed by atoms with E-state index in [1.807, 2.05) is 39.8 Å². The van der Waals surface area contributed by atoms with E-state index >= 15 is 0 Å². The molecule has 116 valence electrons. The molecule has 0 saturated carbocycles. The van der Waals surface area contributed by atoms with Crippen LogP contribution in [0.4, 0.5) is 0 Å². The standard InChI is InChI=1S/C17H19O4P.Na/c1-10-5-7-16-12(3)14(10)9-15-11(2)6-8-17(13(15)4)21-22(18,19)20-16;/h5-8H,9H2,1-4H3,(H,18,19);/q;+1/p-1. The third kappa shape index (κ3) is 3.52. The maximum atomic E-state index is 12.2. The fourth-order valence-corrected chi connectivity index (χ4v) is 3.83. The van der Waals surface area contributed by atoms with E-state index in [-0.39, 0.29) is 29.6 Å². The first-order chi connectivity index (χ1) is 10.3. The Labute approximate surface area is 158 Å². The first-order valence-electron chi connectivity index (χ1n) is 7.17. The molecule has 0 amide bonds. The molecule has 0 aromatic heterocycles. The number of hydrogen-bond donors (Lipinski definition) is 0. The second-order valence-corrected chi connectivity index (χ2v) is 7.03. The molecule has 1 heterocycles. The van der Waals surface area contributed by atoms with E-state index < -0.39 is 7.82 Å². The van der Waals surface area contributed by atoms with Crippen LogP contribution < -0.4 is 43.5 Å². The Morgan fingerprint density at radius 1 is 0.870 bits per heavy atom. The van der Waals surface area contributed by atoms with Crippen molar-refractivity contribution in [2.45, 2.75) is 34.1 Å². The van der Waals surface area contributed by atoms with Crippen LogP contribution in [-0.2, 0) is 11.0 Å². The first-order valence-corrected chi connectivity index (χ1v) is 8.63. The molecule has 0 fully saturated rings. The Kier molecular flexibility index (Phi) is 5.34. The molecule has 3 rings (SSSR count). The summed E-state index contributed by atoms with van der Waals surface area (Å²) >= 11 is 0. The zero-order valence-corrected chi connectivity index (χ0v) is 17.0. The molecule has 4 nitrogen and oxygen atoms in total. The summed E-state index contributed by atoms with van der Waals surface area (Å²) < 4.78 is 22.5. The summed E-state index contributed by atoms with van der Waals surface area (Å²) in [7, 11) is -4.46. The molecule has 0 N–H and O–H groups in total. The van der Waals surface area contributed by atoms with Crippen LogP contribution in [0.5, 0.6) is 11.5 Å². The van der Waals surface area contributed by atoms with Crippen LogP contribution in [0.15, 0.2) is 24.3 Å². The number of phosphoric acid groups is 1. The van der Waals surface area contributed by atoms with Crippen molar-refractivity contribution in [2.24, 2.45) is 0 Å². The average molecular weight is 340 g/mol. The van der Waals surface area contributed by atoms with E-state index in [0.29, 0.717) is 11.5 Å². The molecular formula is C17H18NaO4P. The Bertz CT molecular complexity index is 753. The van der Waals surface area contributed by atoms with Crippen LogP contribution in [0.1, 0.15) is 33.4 Å². The van der Waals surface area contributed by atoms with E-state index in [0.717, 1.165) is 39.8 Å². The van der Waals surface area contributed by atoms with E-state index in [4.69, 9.17) is 9.05 Å². The number of rotatable bonds is 0. The van der Waals surface area contributed by atoms with Crippen LogP contribution in [-0.4, -0.2) is 0 Å². The average Bonchev–Trinajstić information content (AvgIpc) is 2.43. The maximum Gasteiger partial charge on any atom is 1.00 e. The van der Waals surface area contributed by atoms with Gasteiger partial charge in [0.25, 0.3) is 0 Å². The first kappa shape index (κ1) is 18.6. The van der Waals surface area contributed by atoms with Crippen molar-refractivity contribution in [1.82, 2.24) is 0 Å². The topological polar surface area (TPSA) is 58.6 Å². The molecule has 2 aromatic carbocycles. The van der Waals surface area contributed by atoms with Gasteiger partial charge in [-0.05, 0) is 79.6 Å². The van der Waals surface area contributed by atoms with Crippen molar-refractivity contribution in [1.29, 1.82) is 0 Å². The molecule has 0 unspecified atom stereocenters. The van der Waals surface area contributed by atoms with Gasteiger partial charge in [-0.25, -0.2) is 4.57 Å². The van der Waals surface area contributed by atoms with Gasteiger partial charge in [0, 0.05) is 0 Å². The van der Waals surface area contributed by atoms with Gasteiger partial charge in [0.2, 0.25) is 0 Å². The van der Waals surface area contributed by atoms with Crippen molar-refractivity contribution in [3.8, 4) is 11.5 Å². The Morgan fingerprint density at radius 3 is 1.65 bits per heavy atom. The molecule has 0 aliphatic carbocycles. The molecule has 6 heteroatoms. The van der Waals surface area contributed by atoms with Gasteiger partial charge in [0.05, 0.1) is 0 Å². The molecule has 0 spiro atoms. The van der Waals surface area contributed by atoms with Gasteiger partial charge in [-0.2, -0.15) is 0 Å². The quantitative estimate of drug-likeness (QED) is 0.525. The zero-order chi connectivity index (χ0) is 16.1. The number of fused-ring (bicyclic) bond motifs is 4. The van der Waals surface area contributed by atoms with Gasteiger partial charge in [0.1, 0.15) is 11.5 Å². The number of benzene rings is 2. The molecule has 2 aromatic rings. The van der Waals surface area contributed by atoms with Crippen molar-refractivity contribution < 1.29 is 48.1 Å². The third-order valence-corrected chi connectivity index (χ3v) is 5.18. The van der Waals surface area contributed by atoms with Gasteiger partial charge < -0.3 is 13.9 Å². The zero-order valence-electron chi connectivity index (χ0n) is 14.1. The second-order valence-electron chi connectivity index (χ2n) is 5.77. The molecular weight excluding hydrogens is 322 g/mol. The molecule has 1 aliphatic rings. The summed E-state index contributed by atoms with van der Waals surface area (Å²) in [6.45, 7) is 7.82. The van der Waals surface area contributed by atoms with E-state index in [9.17, 15) is 9.46 Å². The molecule has 1 aliphatic heterocycles. The molecule has 0 saturated heterocycles. The minimum absolute atomic E-state index is 0. The second kappa shape index (κ2) is 6.62. The summed E-state index contributed by atoms with van der Waals surface area (Å²) in [6.07, 6.45) is 0.729. The SMILES string of the molecule is Cc1ccc2c(C)c1Cc1c(C)ccc(c1C)OP(=O)([O-])O2.[Na+]. The van der Waals surface area contributed by atoms with Gasteiger partial charge in [-0.15, -0.1) is 0 Å². The van der Waals surface area contributed by atoms with Gasteiger partial charge in [0.15, 0.2) is 0 Å². The Morgan fingerprint density at radius 2 is 1.26 bits per heavy atom. The Hall–Kier alpha value is -0.770. The van der Waals surface area contributed by atoms with Crippen LogP contribution in [0, 0.1) is 27.7 Å². The monoisotopic (exact) mass is 340 g/mol. The van der Waals surface area contributed by atoms with Crippen LogP contribution >= 0.6 is 7.82 Å².